The molecule has 1 aliphatic heterocycles. The molecule has 3 N–H and O–H groups in total. The first kappa shape index (κ1) is 21.5. The first-order chi connectivity index (χ1) is 15.5. The predicted octanol–water partition coefficient (Wildman–Crippen LogP) is 2.57. The molecule has 2 aromatic heterocycles. The predicted molar refractivity (Wildman–Crippen MR) is 123 cm³/mol. The molecule has 4 rings (SSSR count). The largest absolute Gasteiger partial charge is 0.488 e. The molecule has 9 nitrogen and oxygen atoms in total. The van der Waals surface area contributed by atoms with Crippen LogP contribution in [-0.2, 0) is 0 Å². The van der Waals surface area contributed by atoms with Gasteiger partial charge in [-0.25, -0.2) is 14.4 Å². The van der Waals surface area contributed by atoms with Gasteiger partial charge >= 0.3 is 0 Å². The number of halogens is 1. The molecule has 0 spiro atoms. The Morgan fingerprint density at radius 3 is 2.69 bits per heavy atom. The maximum Gasteiger partial charge on any atom is 0.167 e. The number of nitrogens with two attached hydrogens (primary N) is 1. The van der Waals surface area contributed by atoms with Crippen LogP contribution in [0.2, 0.25) is 0 Å². The average Bonchev–Trinajstić information content (AvgIpc) is 3.20. The number of H-pyrrole nitrogens is 1. The Morgan fingerprint density at radius 1 is 1.22 bits per heavy atom. The summed E-state index contributed by atoms with van der Waals surface area (Å²) in [6, 6.07) is 4.97. The van der Waals surface area contributed by atoms with E-state index in [4.69, 9.17) is 10.5 Å². The monoisotopic (exact) mass is 438 g/mol. The number of anilines is 1. The third-order valence-electron chi connectivity index (χ3n) is 5.27. The highest BCUT2D eigenvalue weighted by atomic mass is 19.1. The number of aromatic amines is 1. The third-order valence-corrected chi connectivity index (χ3v) is 5.27. The Bertz CT molecular complexity index is 1150. The fraction of sp³-hybridized carbons (Fsp3) is 0.364. The number of nitrogens with zero attached hydrogens (tertiary/aromatic N) is 6. The van der Waals surface area contributed by atoms with Crippen molar-refractivity contribution in [2.24, 2.45) is 10.7 Å². The second-order valence-electron chi connectivity index (χ2n) is 7.78. The van der Waals surface area contributed by atoms with Gasteiger partial charge < -0.3 is 20.3 Å². The number of hydrogen-bond acceptors (Lipinski definition) is 8. The van der Waals surface area contributed by atoms with Gasteiger partial charge in [0.1, 0.15) is 17.8 Å². The Morgan fingerprint density at radius 2 is 2.00 bits per heavy atom. The van der Waals surface area contributed by atoms with Crippen LogP contribution >= 0.6 is 0 Å². The van der Waals surface area contributed by atoms with E-state index in [1.165, 1.54) is 12.4 Å². The minimum Gasteiger partial charge on any atom is -0.488 e. The van der Waals surface area contributed by atoms with E-state index in [0.717, 1.165) is 43.1 Å². The number of nitrogens with one attached hydrogen (secondary N) is 1. The van der Waals surface area contributed by atoms with Crippen molar-refractivity contribution in [2.45, 2.75) is 20.0 Å². The number of ether oxygens (including phenoxy) is 1. The fourth-order valence-electron chi connectivity index (χ4n) is 3.76. The quantitative estimate of drug-likeness (QED) is 0.570. The summed E-state index contributed by atoms with van der Waals surface area (Å²) in [5.41, 5.74) is 8.51. The Kier molecular flexibility index (Phi) is 6.20. The molecule has 3 aromatic rings. The molecule has 0 saturated carbocycles. The summed E-state index contributed by atoms with van der Waals surface area (Å²) in [5, 5.41) is 8.01. The molecule has 0 aliphatic carbocycles. The van der Waals surface area contributed by atoms with Crippen molar-refractivity contribution in [3.05, 3.63) is 42.2 Å². The molecule has 3 heterocycles. The molecule has 1 aromatic carbocycles. The smallest absolute Gasteiger partial charge is 0.167 e. The van der Waals surface area contributed by atoms with Gasteiger partial charge in [0, 0.05) is 63.2 Å². The lowest BCUT2D eigenvalue weighted by Crippen LogP contribution is -2.46. The molecule has 0 amide bonds. The molecular weight excluding hydrogens is 411 g/mol. The first-order valence-electron chi connectivity index (χ1n) is 10.5. The normalized spacial score (nSPS) is 15.3. The van der Waals surface area contributed by atoms with Gasteiger partial charge in [0.15, 0.2) is 11.6 Å². The van der Waals surface area contributed by atoms with Crippen LogP contribution in [0.5, 0.6) is 5.75 Å². The number of hydrogen-bond donors (Lipinski definition) is 2. The highest BCUT2D eigenvalue weighted by molar-refractivity contribution is 5.93. The molecule has 0 radical (unpaired) electrons. The standard InChI is InChI=1S/C22H27FN8O/c1-14(2)32-20-8-16-18(9-17(20)23)28-29-22(16)19-10-21(27-13-26-19)31-6-4-30(5-7-31)15(11-24)12-25-3/h8-14H,4-7,24H2,1-3H3,(H,28,29)/b15-11+,25-12?. The molecule has 1 saturated heterocycles. The van der Waals surface area contributed by atoms with Gasteiger partial charge in [-0.3, -0.25) is 10.1 Å². The molecule has 32 heavy (non-hydrogen) atoms. The Labute approximate surface area is 185 Å². The molecular formula is C22H27FN8O. The van der Waals surface area contributed by atoms with Gasteiger partial charge in [0.25, 0.3) is 0 Å². The summed E-state index contributed by atoms with van der Waals surface area (Å²) in [7, 11) is 1.73. The molecule has 0 bridgehead atoms. The minimum absolute atomic E-state index is 0.139. The van der Waals surface area contributed by atoms with Crippen LogP contribution in [0, 0.1) is 5.82 Å². The summed E-state index contributed by atoms with van der Waals surface area (Å²) < 4.78 is 19.9. The van der Waals surface area contributed by atoms with Crippen LogP contribution in [0.15, 0.2) is 41.4 Å². The van der Waals surface area contributed by atoms with Gasteiger partial charge in [0.2, 0.25) is 0 Å². The second kappa shape index (κ2) is 9.21. The van der Waals surface area contributed by atoms with Crippen molar-refractivity contribution in [1.82, 2.24) is 25.1 Å². The van der Waals surface area contributed by atoms with Crippen molar-refractivity contribution < 1.29 is 9.13 Å². The summed E-state index contributed by atoms with van der Waals surface area (Å²) in [6.07, 6.45) is 4.73. The lowest BCUT2D eigenvalue weighted by Gasteiger charge is -2.36. The number of allylic oxidation sites excluding steroid dienone is 1. The van der Waals surface area contributed by atoms with E-state index < -0.39 is 5.82 Å². The zero-order valence-corrected chi connectivity index (χ0v) is 18.4. The summed E-state index contributed by atoms with van der Waals surface area (Å²) >= 11 is 0. The minimum atomic E-state index is -0.429. The van der Waals surface area contributed by atoms with Crippen LogP contribution in [0.4, 0.5) is 10.2 Å². The third kappa shape index (κ3) is 4.34. The molecule has 10 heteroatoms. The number of aliphatic imine (C=N–C) groups is 1. The number of fused-ring (bicyclic) bond motifs is 1. The van der Waals surface area contributed by atoms with E-state index in [9.17, 15) is 4.39 Å². The molecule has 1 fully saturated rings. The second-order valence-corrected chi connectivity index (χ2v) is 7.78. The topological polar surface area (TPSA) is 109 Å². The van der Waals surface area contributed by atoms with E-state index in [1.807, 2.05) is 19.9 Å². The fourth-order valence-corrected chi connectivity index (χ4v) is 3.76. The summed E-state index contributed by atoms with van der Waals surface area (Å²) in [6.45, 7) is 6.88. The van der Waals surface area contributed by atoms with Crippen molar-refractivity contribution in [1.29, 1.82) is 0 Å². The van der Waals surface area contributed by atoms with E-state index in [1.54, 1.807) is 25.5 Å². The van der Waals surface area contributed by atoms with Crippen LogP contribution in [0.3, 0.4) is 0 Å². The van der Waals surface area contributed by atoms with Crippen LogP contribution in [-0.4, -0.2) is 70.6 Å². The van der Waals surface area contributed by atoms with E-state index in [-0.39, 0.29) is 11.9 Å². The SMILES string of the molecule is CN=C/C(=C\N)N1CCN(c2cc(-c3n[nH]c4cc(F)c(OC(C)C)cc34)ncn2)CC1. The number of rotatable bonds is 6. The molecule has 0 atom stereocenters. The maximum atomic E-state index is 14.3. The van der Waals surface area contributed by atoms with Gasteiger partial charge in [0.05, 0.1) is 23.0 Å². The number of benzene rings is 1. The first-order valence-corrected chi connectivity index (χ1v) is 10.5. The van der Waals surface area contributed by atoms with Crippen LogP contribution in [0.25, 0.3) is 22.3 Å². The van der Waals surface area contributed by atoms with Gasteiger partial charge in [-0.1, -0.05) is 0 Å². The zero-order valence-electron chi connectivity index (χ0n) is 18.4. The Hall–Kier alpha value is -3.69. The maximum absolute atomic E-state index is 14.3. The van der Waals surface area contributed by atoms with E-state index in [2.05, 4.69) is 35.0 Å². The van der Waals surface area contributed by atoms with Crippen molar-refractivity contribution in [3.63, 3.8) is 0 Å². The highest BCUT2D eigenvalue weighted by Gasteiger charge is 2.21. The van der Waals surface area contributed by atoms with E-state index in [0.29, 0.717) is 16.9 Å². The van der Waals surface area contributed by atoms with E-state index >= 15 is 0 Å². The summed E-state index contributed by atoms with van der Waals surface area (Å²) in [5.74, 6) is 0.579. The molecule has 168 valence electrons. The summed E-state index contributed by atoms with van der Waals surface area (Å²) in [4.78, 5) is 17.3. The van der Waals surface area contributed by atoms with Crippen molar-refractivity contribution in [2.75, 3.05) is 38.1 Å². The highest BCUT2D eigenvalue weighted by Crippen LogP contribution is 2.31. The lowest BCUT2D eigenvalue weighted by atomic mass is 10.1. The van der Waals surface area contributed by atoms with Gasteiger partial charge in [-0.05, 0) is 19.9 Å². The van der Waals surface area contributed by atoms with Crippen molar-refractivity contribution in [3.8, 4) is 17.1 Å². The van der Waals surface area contributed by atoms with Crippen LogP contribution in [0.1, 0.15) is 13.8 Å². The van der Waals surface area contributed by atoms with Gasteiger partial charge in [-0.2, -0.15) is 5.10 Å². The number of piperazine rings is 1. The lowest BCUT2D eigenvalue weighted by molar-refractivity contribution is 0.231. The Balaban J connectivity index is 1.58. The zero-order chi connectivity index (χ0) is 22.7. The van der Waals surface area contributed by atoms with Crippen LogP contribution < -0.4 is 15.4 Å². The average molecular weight is 439 g/mol. The molecule has 0 unspecified atom stereocenters. The van der Waals surface area contributed by atoms with Gasteiger partial charge in [-0.15, -0.1) is 0 Å². The molecule has 1 aliphatic rings. The van der Waals surface area contributed by atoms with Crippen molar-refractivity contribution >= 4 is 22.9 Å². The number of aromatic nitrogens is 4.